The smallest absolute Gasteiger partial charge is 0.268 e. The van der Waals surface area contributed by atoms with Gasteiger partial charge in [0.25, 0.3) is 10.0 Å². The van der Waals surface area contributed by atoms with Gasteiger partial charge < -0.3 is 0 Å². The number of aromatic nitrogens is 1. The molecule has 1 aromatic heterocycles. The van der Waals surface area contributed by atoms with Crippen LogP contribution >= 0.6 is 22.6 Å². The molecule has 0 spiro atoms. The quantitative estimate of drug-likeness (QED) is 0.458. The summed E-state index contributed by atoms with van der Waals surface area (Å²) in [5.74, 6) is -0.277. The van der Waals surface area contributed by atoms with Crippen LogP contribution in [0.4, 0.5) is 0 Å². The van der Waals surface area contributed by atoms with Crippen LogP contribution in [0, 0.1) is 10.5 Å². The molecule has 0 aliphatic heterocycles. The zero-order chi connectivity index (χ0) is 16.8. The molecular formula is C17H14INO3S. The third-order valence-electron chi connectivity index (χ3n) is 3.66. The second kappa shape index (κ2) is 5.76. The van der Waals surface area contributed by atoms with E-state index in [9.17, 15) is 13.2 Å². The third-order valence-corrected chi connectivity index (χ3v) is 6.48. The highest BCUT2D eigenvalue weighted by molar-refractivity contribution is 14.1. The number of Topliss-reactive ketones (excluding diaryl/α,β-unsaturated/α-hetero) is 1. The van der Waals surface area contributed by atoms with E-state index in [4.69, 9.17) is 0 Å². The number of fused-ring (bicyclic) bond motifs is 1. The van der Waals surface area contributed by atoms with Gasteiger partial charge in [-0.3, -0.25) is 4.79 Å². The van der Waals surface area contributed by atoms with Crippen molar-refractivity contribution in [3.05, 3.63) is 63.4 Å². The average Bonchev–Trinajstić information content (AvgIpc) is 2.82. The van der Waals surface area contributed by atoms with Gasteiger partial charge in [0.15, 0.2) is 5.78 Å². The Morgan fingerprint density at radius 2 is 1.65 bits per heavy atom. The van der Waals surface area contributed by atoms with Gasteiger partial charge in [0.05, 0.1) is 14.0 Å². The van der Waals surface area contributed by atoms with E-state index < -0.39 is 10.0 Å². The molecule has 6 heteroatoms. The molecule has 0 amide bonds. The van der Waals surface area contributed by atoms with Crippen LogP contribution in [0.1, 0.15) is 23.0 Å². The summed E-state index contributed by atoms with van der Waals surface area (Å²) in [7, 11) is -3.85. The fourth-order valence-corrected chi connectivity index (χ4v) is 5.35. The van der Waals surface area contributed by atoms with Crippen LogP contribution in [0.15, 0.2) is 53.4 Å². The molecule has 0 unspecified atom stereocenters. The second-order valence-corrected chi connectivity index (χ2v) is 8.18. The molecule has 0 radical (unpaired) electrons. The second-order valence-electron chi connectivity index (χ2n) is 5.32. The van der Waals surface area contributed by atoms with Crippen LogP contribution in [0.25, 0.3) is 10.9 Å². The van der Waals surface area contributed by atoms with Crippen molar-refractivity contribution in [2.75, 3.05) is 0 Å². The molecule has 0 bridgehead atoms. The number of halogens is 1. The van der Waals surface area contributed by atoms with Gasteiger partial charge in [0.2, 0.25) is 0 Å². The summed E-state index contributed by atoms with van der Waals surface area (Å²) in [6.07, 6.45) is 0. The fraction of sp³-hybridized carbons (Fsp3) is 0.118. The van der Waals surface area contributed by atoms with Crippen molar-refractivity contribution in [2.24, 2.45) is 0 Å². The lowest BCUT2D eigenvalue weighted by atomic mass is 10.2. The van der Waals surface area contributed by atoms with Crippen LogP contribution in [0.2, 0.25) is 0 Å². The molecule has 0 aliphatic rings. The van der Waals surface area contributed by atoms with Gasteiger partial charge in [-0.2, -0.15) is 0 Å². The normalized spacial score (nSPS) is 11.8. The highest BCUT2D eigenvalue weighted by Gasteiger charge is 2.27. The van der Waals surface area contributed by atoms with Crippen molar-refractivity contribution in [1.82, 2.24) is 3.97 Å². The van der Waals surface area contributed by atoms with Gasteiger partial charge in [-0.25, -0.2) is 12.4 Å². The van der Waals surface area contributed by atoms with E-state index in [-0.39, 0.29) is 16.4 Å². The SMILES string of the molecule is CC(=O)c1c(I)c2ccccc2n1S(=O)(=O)c1ccc(C)cc1. The van der Waals surface area contributed by atoms with E-state index >= 15 is 0 Å². The molecule has 0 N–H and O–H groups in total. The Bertz CT molecular complexity index is 1020. The summed E-state index contributed by atoms with van der Waals surface area (Å²) in [6, 6.07) is 13.8. The highest BCUT2D eigenvalue weighted by Crippen LogP contribution is 2.31. The number of rotatable bonds is 3. The number of para-hydroxylation sites is 1. The topological polar surface area (TPSA) is 56.1 Å². The zero-order valence-corrected chi connectivity index (χ0v) is 15.6. The highest BCUT2D eigenvalue weighted by atomic mass is 127. The predicted molar refractivity (Wildman–Crippen MR) is 98.4 cm³/mol. The largest absolute Gasteiger partial charge is 0.293 e. The Morgan fingerprint density at radius 3 is 2.26 bits per heavy atom. The number of ketones is 1. The van der Waals surface area contributed by atoms with E-state index in [0.717, 1.165) is 14.9 Å². The van der Waals surface area contributed by atoms with Crippen molar-refractivity contribution < 1.29 is 13.2 Å². The first kappa shape index (κ1) is 16.2. The lowest BCUT2D eigenvalue weighted by Crippen LogP contribution is -2.18. The van der Waals surface area contributed by atoms with Crippen molar-refractivity contribution >= 4 is 49.3 Å². The van der Waals surface area contributed by atoms with E-state index in [1.54, 1.807) is 36.4 Å². The number of aryl methyl sites for hydroxylation is 1. The van der Waals surface area contributed by atoms with Gasteiger partial charge >= 0.3 is 0 Å². The first-order valence-corrected chi connectivity index (χ1v) is 9.48. The number of carbonyl (C=O) groups is 1. The van der Waals surface area contributed by atoms with Crippen LogP contribution in [-0.2, 0) is 10.0 Å². The number of carbonyl (C=O) groups excluding carboxylic acids is 1. The number of hydrogen-bond donors (Lipinski definition) is 0. The first-order chi connectivity index (χ1) is 10.8. The monoisotopic (exact) mass is 439 g/mol. The maximum atomic E-state index is 13.1. The van der Waals surface area contributed by atoms with Crippen molar-refractivity contribution in [2.45, 2.75) is 18.7 Å². The minimum Gasteiger partial charge on any atom is -0.293 e. The zero-order valence-electron chi connectivity index (χ0n) is 12.6. The van der Waals surface area contributed by atoms with Crippen LogP contribution in [0.5, 0.6) is 0 Å². The van der Waals surface area contributed by atoms with Crippen LogP contribution in [-0.4, -0.2) is 18.2 Å². The van der Waals surface area contributed by atoms with Crippen LogP contribution in [0.3, 0.4) is 0 Å². The third kappa shape index (κ3) is 2.59. The first-order valence-electron chi connectivity index (χ1n) is 6.96. The lowest BCUT2D eigenvalue weighted by molar-refractivity contribution is 0.101. The Labute approximate surface area is 148 Å². The molecule has 0 saturated carbocycles. The summed E-state index contributed by atoms with van der Waals surface area (Å²) in [5, 5.41) is 0.758. The molecular weight excluding hydrogens is 425 g/mol. The molecule has 0 fully saturated rings. The molecule has 2 aromatic carbocycles. The van der Waals surface area contributed by atoms with E-state index in [1.807, 2.05) is 41.6 Å². The summed E-state index contributed by atoms with van der Waals surface area (Å²) in [6.45, 7) is 3.28. The number of hydrogen-bond acceptors (Lipinski definition) is 3. The summed E-state index contributed by atoms with van der Waals surface area (Å²) in [5.41, 5.74) is 1.69. The van der Waals surface area contributed by atoms with E-state index in [0.29, 0.717) is 9.09 Å². The van der Waals surface area contributed by atoms with Gasteiger partial charge in [0, 0.05) is 12.3 Å². The average molecular weight is 439 g/mol. The Balaban J connectivity index is 2.41. The van der Waals surface area contributed by atoms with E-state index in [1.165, 1.54) is 6.92 Å². The molecule has 4 nitrogen and oxygen atoms in total. The molecule has 1 heterocycles. The molecule has 3 rings (SSSR count). The summed E-state index contributed by atoms with van der Waals surface area (Å²) >= 11 is 2.03. The van der Waals surface area contributed by atoms with Gasteiger partial charge in [-0.1, -0.05) is 35.9 Å². The van der Waals surface area contributed by atoms with Gasteiger partial charge in [-0.15, -0.1) is 0 Å². The van der Waals surface area contributed by atoms with Crippen molar-refractivity contribution in [1.29, 1.82) is 0 Å². The molecule has 23 heavy (non-hydrogen) atoms. The van der Waals surface area contributed by atoms with Crippen molar-refractivity contribution in [3.63, 3.8) is 0 Å². The predicted octanol–water partition coefficient (Wildman–Crippen LogP) is 3.99. The maximum Gasteiger partial charge on any atom is 0.268 e. The molecule has 0 saturated heterocycles. The van der Waals surface area contributed by atoms with E-state index in [2.05, 4.69) is 0 Å². The maximum absolute atomic E-state index is 13.1. The van der Waals surface area contributed by atoms with Crippen molar-refractivity contribution in [3.8, 4) is 0 Å². The summed E-state index contributed by atoms with van der Waals surface area (Å²) in [4.78, 5) is 12.3. The number of nitrogens with zero attached hydrogens (tertiary/aromatic N) is 1. The Kier molecular flexibility index (Phi) is 4.05. The standard InChI is InChI=1S/C17H14INO3S/c1-11-7-9-13(10-8-11)23(21,22)19-15-6-4-3-5-14(15)16(18)17(19)12(2)20/h3-10H,1-2H3. The fourth-order valence-electron chi connectivity index (χ4n) is 2.54. The lowest BCUT2D eigenvalue weighted by Gasteiger charge is -2.11. The minimum absolute atomic E-state index is 0.169. The van der Waals surface area contributed by atoms with Crippen LogP contribution < -0.4 is 0 Å². The Hall–Kier alpha value is -1.67. The summed E-state index contributed by atoms with van der Waals surface area (Å²) < 4.78 is 28.0. The molecule has 118 valence electrons. The number of benzene rings is 2. The molecule has 0 aliphatic carbocycles. The minimum atomic E-state index is -3.85. The Morgan fingerprint density at radius 1 is 1.04 bits per heavy atom. The molecule has 0 atom stereocenters. The molecule has 3 aromatic rings. The van der Waals surface area contributed by atoms with Gasteiger partial charge in [0.1, 0.15) is 5.69 Å². The van der Waals surface area contributed by atoms with Gasteiger partial charge in [-0.05, 0) is 47.7 Å².